The molecule has 4 aromatic rings. The van der Waals surface area contributed by atoms with E-state index in [2.05, 4.69) is 5.32 Å². The fourth-order valence-electron chi connectivity index (χ4n) is 4.94. The van der Waals surface area contributed by atoms with Crippen molar-refractivity contribution in [2.24, 2.45) is 5.92 Å². The molecule has 0 aliphatic carbocycles. The van der Waals surface area contributed by atoms with Gasteiger partial charge in [-0.25, -0.2) is 8.42 Å². The molecular weight excluding hydrogens is 657 g/mol. The highest BCUT2D eigenvalue weighted by Gasteiger charge is 2.35. The number of hydrogen-bond acceptors (Lipinski definition) is 5. The van der Waals surface area contributed by atoms with Crippen LogP contribution in [0.1, 0.15) is 30.5 Å². The molecule has 0 bridgehead atoms. The molecule has 0 heterocycles. The van der Waals surface area contributed by atoms with E-state index in [0.29, 0.717) is 27.9 Å². The van der Waals surface area contributed by atoms with Gasteiger partial charge >= 0.3 is 0 Å². The van der Waals surface area contributed by atoms with E-state index < -0.39 is 28.5 Å². The summed E-state index contributed by atoms with van der Waals surface area (Å²) in [5, 5.41) is 3.70. The second-order valence-corrected chi connectivity index (χ2v) is 14.3. The molecule has 47 heavy (non-hydrogen) atoms. The Morgan fingerprint density at radius 3 is 2.23 bits per heavy atom. The molecule has 248 valence electrons. The minimum absolute atomic E-state index is 0.0153. The largest absolute Gasteiger partial charge is 0.497 e. The van der Waals surface area contributed by atoms with Crippen molar-refractivity contribution in [2.45, 2.75) is 44.7 Å². The Morgan fingerprint density at radius 2 is 1.60 bits per heavy atom. The zero-order valence-electron chi connectivity index (χ0n) is 26.8. The number of ether oxygens (including phenoxy) is 1. The standard InChI is InChI=1S/C36H39Cl2N3O5S/c1-25(2)22-39-36(43)34(19-27-9-6-5-7-10-27)40(23-28-15-16-29(37)20-33(28)38)35(42)24-41(30-11-8-12-31(21-30)46-4)47(44,45)32-17-13-26(3)14-18-32/h5-18,20-21,25,34H,19,22-24H2,1-4H3,(H,39,43)/t34-/m1/s1. The molecule has 0 unspecified atom stereocenters. The number of rotatable bonds is 14. The molecule has 4 aromatic carbocycles. The molecule has 0 saturated heterocycles. The maximum absolute atomic E-state index is 14.6. The summed E-state index contributed by atoms with van der Waals surface area (Å²) in [6.45, 7) is 5.54. The minimum atomic E-state index is -4.25. The van der Waals surface area contributed by atoms with Crippen molar-refractivity contribution in [1.29, 1.82) is 0 Å². The SMILES string of the molecule is COc1cccc(N(CC(=O)N(Cc2ccc(Cl)cc2Cl)[C@H](Cc2ccccc2)C(=O)NCC(C)C)S(=O)(=O)c2ccc(C)cc2)c1. The fourth-order valence-corrected chi connectivity index (χ4v) is 6.82. The van der Waals surface area contributed by atoms with Gasteiger partial charge in [0.2, 0.25) is 11.8 Å². The lowest BCUT2D eigenvalue weighted by molar-refractivity contribution is -0.140. The summed E-state index contributed by atoms with van der Waals surface area (Å²) in [5.41, 5.74) is 2.49. The zero-order valence-corrected chi connectivity index (χ0v) is 29.1. The highest BCUT2D eigenvalue weighted by Crippen LogP contribution is 2.29. The van der Waals surface area contributed by atoms with Gasteiger partial charge in [0.1, 0.15) is 18.3 Å². The summed E-state index contributed by atoms with van der Waals surface area (Å²) in [6.07, 6.45) is 0.186. The molecule has 4 rings (SSSR count). The Labute approximate surface area is 287 Å². The summed E-state index contributed by atoms with van der Waals surface area (Å²) >= 11 is 12.8. The first kappa shape index (κ1) is 35.8. The summed E-state index contributed by atoms with van der Waals surface area (Å²) in [6, 6.07) is 26.2. The molecule has 1 atom stereocenters. The van der Waals surface area contributed by atoms with Gasteiger partial charge in [-0.2, -0.15) is 0 Å². The summed E-state index contributed by atoms with van der Waals surface area (Å²) < 4.78 is 34.9. The van der Waals surface area contributed by atoms with E-state index >= 15 is 0 Å². The average Bonchev–Trinajstić information content (AvgIpc) is 3.05. The summed E-state index contributed by atoms with van der Waals surface area (Å²) in [4.78, 5) is 29.9. The lowest BCUT2D eigenvalue weighted by atomic mass is 10.0. The molecule has 0 aliphatic rings. The first-order valence-electron chi connectivity index (χ1n) is 15.2. The van der Waals surface area contributed by atoms with Gasteiger partial charge in [-0.15, -0.1) is 0 Å². The predicted octanol–water partition coefficient (Wildman–Crippen LogP) is 6.92. The van der Waals surface area contributed by atoms with E-state index in [1.807, 2.05) is 51.1 Å². The number of nitrogens with zero attached hydrogens (tertiary/aromatic N) is 2. The van der Waals surface area contributed by atoms with Gasteiger partial charge in [-0.1, -0.05) is 97.2 Å². The number of carbonyl (C=O) groups is 2. The van der Waals surface area contributed by atoms with Crippen molar-refractivity contribution in [3.8, 4) is 5.75 Å². The number of hydrogen-bond donors (Lipinski definition) is 1. The van der Waals surface area contributed by atoms with Crippen molar-refractivity contribution in [3.05, 3.63) is 124 Å². The van der Waals surface area contributed by atoms with Crippen molar-refractivity contribution in [3.63, 3.8) is 0 Å². The predicted molar refractivity (Wildman–Crippen MR) is 187 cm³/mol. The van der Waals surface area contributed by atoms with Crippen LogP contribution in [-0.2, 0) is 32.6 Å². The number of aryl methyl sites for hydroxylation is 1. The molecule has 0 aromatic heterocycles. The maximum atomic E-state index is 14.6. The monoisotopic (exact) mass is 695 g/mol. The van der Waals surface area contributed by atoms with Gasteiger partial charge in [0.05, 0.1) is 17.7 Å². The van der Waals surface area contributed by atoms with Crippen molar-refractivity contribution < 1.29 is 22.7 Å². The van der Waals surface area contributed by atoms with Gasteiger partial charge in [0.25, 0.3) is 10.0 Å². The van der Waals surface area contributed by atoms with E-state index in [1.54, 1.807) is 54.6 Å². The molecule has 0 saturated carbocycles. The molecule has 0 radical (unpaired) electrons. The number of amides is 2. The topological polar surface area (TPSA) is 96.0 Å². The van der Waals surface area contributed by atoms with Crippen LogP contribution in [0.3, 0.4) is 0 Å². The van der Waals surface area contributed by atoms with Crippen molar-refractivity contribution >= 4 is 50.7 Å². The van der Waals surface area contributed by atoms with E-state index in [4.69, 9.17) is 27.9 Å². The van der Waals surface area contributed by atoms with Gasteiger partial charge in [0.15, 0.2) is 0 Å². The number of sulfonamides is 1. The second kappa shape index (κ2) is 16.2. The van der Waals surface area contributed by atoms with Crippen LogP contribution in [-0.4, -0.2) is 51.4 Å². The number of halogens is 2. The van der Waals surface area contributed by atoms with E-state index in [-0.39, 0.29) is 35.4 Å². The highest BCUT2D eigenvalue weighted by atomic mass is 35.5. The quantitative estimate of drug-likeness (QED) is 0.155. The Kier molecular flexibility index (Phi) is 12.3. The van der Waals surface area contributed by atoms with Crippen LogP contribution in [0.15, 0.2) is 102 Å². The van der Waals surface area contributed by atoms with Crippen LogP contribution in [0.5, 0.6) is 5.75 Å². The number of benzene rings is 4. The summed E-state index contributed by atoms with van der Waals surface area (Å²) in [5.74, 6) is -0.390. The van der Waals surface area contributed by atoms with Crippen molar-refractivity contribution in [1.82, 2.24) is 10.2 Å². The van der Waals surface area contributed by atoms with Crippen LogP contribution in [0, 0.1) is 12.8 Å². The van der Waals surface area contributed by atoms with Crippen LogP contribution in [0.4, 0.5) is 5.69 Å². The molecule has 0 aliphatic heterocycles. The fraction of sp³-hybridized carbons (Fsp3) is 0.278. The van der Waals surface area contributed by atoms with E-state index in [1.165, 1.54) is 24.1 Å². The molecule has 8 nitrogen and oxygen atoms in total. The first-order valence-corrected chi connectivity index (χ1v) is 17.4. The van der Waals surface area contributed by atoms with Crippen LogP contribution in [0.25, 0.3) is 0 Å². The van der Waals surface area contributed by atoms with Crippen LogP contribution < -0.4 is 14.4 Å². The van der Waals surface area contributed by atoms with Gasteiger partial charge in [-0.05, 0) is 60.4 Å². The average molecular weight is 697 g/mol. The minimum Gasteiger partial charge on any atom is -0.497 e. The normalized spacial score (nSPS) is 12.0. The second-order valence-electron chi connectivity index (χ2n) is 11.6. The van der Waals surface area contributed by atoms with E-state index in [9.17, 15) is 18.0 Å². The number of carbonyl (C=O) groups excluding carboxylic acids is 2. The van der Waals surface area contributed by atoms with E-state index in [0.717, 1.165) is 15.4 Å². The third kappa shape index (κ3) is 9.50. The number of methoxy groups -OCH3 is 1. The number of anilines is 1. The highest BCUT2D eigenvalue weighted by molar-refractivity contribution is 7.92. The molecule has 0 fully saturated rings. The van der Waals surface area contributed by atoms with Gasteiger partial charge < -0.3 is 15.0 Å². The van der Waals surface area contributed by atoms with Crippen LogP contribution >= 0.6 is 23.2 Å². The van der Waals surface area contributed by atoms with Crippen molar-refractivity contribution in [2.75, 3.05) is 24.5 Å². The third-order valence-corrected chi connectivity index (χ3v) is 9.92. The smallest absolute Gasteiger partial charge is 0.264 e. The Morgan fingerprint density at radius 1 is 0.894 bits per heavy atom. The first-order chi connectivity index (χ1) is 22.4. The third-order valence-electron chi connectivity index (χ3n) is 7.54. The lowest BCUT2D eigenvalue weighted by Crippen LogP contribution is -2.53. The molecule has 0 spiro atoms. The van der Waals surface area contributed by atoms with Gasteiger partial charge in [0, 0.05) is 35.6 Å². The Balaban J connectivity index is 1.83. The maximum Gasteiger partial charge on any atom is 0.264 e. The Hall–Kier alpha value is -4.05. The molecular formula is C36H39Cl2N3O5S. The van der Waals surface area contributed by atoms with Crippen LogP contribution in [0.2, 0.25) is 10.0 Å². The lowest BCUT2D eigenvalue weighted by Gasteiger charge is -2.34. The zero-order chi connectivity index (χ0) is 34.1. The molecule has 2 amide bonds. The summed E-state index contributed by atoms with van der Waals surface area (Å²) in [7, 11) is -2.77. The molecule has 11 heteroatoms. The molecule has 1 N–H and O–H groups in total. The van der Waals surface area contributed by atoms with Gasteiger partial charge in [-0.3, -0.25) is 13.9 Å². The number of nitrogens with one attached hydrogen (secondary N) is 1. The Bertz CT molecular complexity index is 1780.